The van der Waals surface area contributed by atoms with E-state index in [1.165, 1.54) is 0 Å². The topological polar surface area (TPSA) is 88.1 Å². The summed E-state index contributed by atoms with van der Waals surface area (Å²) in [7, 11) is 0. The summed E-state index contributed by atoms with van der Waals surface area (Å²) >= 11 is 5.96. The average molecular weight is 270 g/mol. The predicted octanol–water partition coefficient (Wildman–Crippen LogP) is 1.34. The molecule has 0 radical (unpaired) electrons. The molecule has 0 saturated carbocycles. The van der Waals surface area contributed by atoms with Gasteiger partial charge in [0.2, 0.25) is 5.95 Å². The Labute approximate surface area is 108 Å². The number of anilines is 1. The van der Waals surface area contributed by atoms with Gasteiger partial charge in [0.1, 0.15) is 5.52 Å². The molecule has 8 heteroatoms. The van der Waals surface area contributed by atoms with Gasteiger partial charge in [0, 0.05) is 0 Å². The van der Waals surface area contributed by atoms with Crippen molar-refractivity contribution in [3.05, 3.63) is 11.5 Å². The summed E-state index contributed by atoms with van der Waals surface area (Å²) in [5, 5.41) is 0.238. The molecule has 7 nitrogen and oxygen atoms in total. The SMILES string of the molecule is CCC1OCC(n2cnc3c(Cl)nc(N)nc32)O1. The van der Waals surface area contributed by atoms with Crippen LogP contribution in [-0.4, -0.2) is 32.4 Å². The van der Waals surface area contributed by atoms with Gasteiger partial charge in [-0.05, 0) is 6.42 Å². The molecule has 1 fully saturated rings. The van der Waals surface area contributed by atoms with Gasteiger partial charge in [0.05, 0.1) is 12.9 Å². The summed E-state index contributed by atoms with van der Waals surface area (Å²) in [6.07, 6.45) is 1.95. The van der Waals surface area contributed by atoms with Crippen LogP contribution in [0.1, 0.15) is 19.6 Å². The van der Waals surface area contributed by atoms with Gasteiger partial charge in [-0.3, -0.25) is 4.57 Å². The first-order valence-corrected chi connectivity index (χ1v) is 5.99. The zero-order chi connectivity index (χ0) is 12.7. The van der Waals surface area contributed by atoms with Crippen LogP contribution in [0.4, 0.5) is 5.95 Å². The summed E-state index contributed by atoms with van der Waals surface area (Å²) < 4.78 is 12.9. The highest BCUT2D eigenvalue weighted by molar-refractivity contribution is 6.33. The zero-order valence-corrected chi connectivity index (χ0v) is 10.5. The number of halogens is 1. The van der Waals surface area contributed by atoms with E-state index in [1.54, 1.807) is 10.9 Å². The van der Waals surface area contributed by atoms with Gasteiger partial charge in [-0.15, -0.1) is 0 Å². The lowest BCUT2D eigenvalue weighted by molar-refractivity contribution is -0.0715. The molecule has 1 aliphatic heterocycles. The molecular weight excluding hydrogens is 258 g/mol. The molecular formula is C10H12ClN5O2. The fourth-order valence-electron chi connectivity index (χ4n) is 1.91. The van der Waals surface area contributed by atoms with Crippen molar-refractivity contribution in [2.75, 3.05) is 12.3 Å². The molecule has 0 amide bonds. The standard InChI is InChI=1S/C10H12ClN5O2/c1-2-6-17-3-5(18-6)16-4-13-7-8(11)14-10(12)15-9(7)16/h4-6H,2-3H2,1H3,(H2,12,14,15). The van der Waals surface area contributed by atoms with Gasteiger partial charge in [0.25, 0.3) is 0 Å². The van der Waals surface area contributed by atoms with E-state index in [-0.39, 0.29) is 23.6 Å². The second kappa shape index (κ2) is 4.34. The van der Waals surface area contributed by atoms with E-state index in [9.17, 15) is 0 Å². The van der Waals surface area contributed by atoms with Crippen molar-refractivity contribution < 1.29 is 9.47 Å². The molecule has 2 atom stereocenters. The van der Waals surface area contributed by atoms with Crippen molar-refractivity contribution in [2.24, 2.45) is 0 Å². The fraction of sp³-hybridized carbons (Fsp3) is 0.500. The maximum absolute atomic E-state index is 5.96. The zero-order valence-electron chi connectivity index (χ0n) is 9.71. The van der Waals surface area contributed by atoms with Crippen LogP contribution in [0.25, 0.3) is 11.2 Å². The number of imidazole rings is 1. The Morgan fingerprint density at radius 2 is 2.39 bits per heavy atom. The Kier molecular flexibility index (Phi) is 2.81. The minimum Gasteiger partial charge on any atom is -0.368 e. The highest BCUT2D eigenvalue weighted by atomic mass is 35.5. The third-order valence-corrected chi connectivity index (χ3v) is 3.04. The van der Waals surface area contributed by atoms with Crippen LogP contribution in [-0.2, 0) is 9.47 Å². The highest BCUT2D eigenvalue weighted by Gasteiger charge is 2.28. The third-order valence-electron chi connectivity index (χ3n) is 2.77. The molecule has 96 valence electrons. The molecule has 3 rings (SSSR count). The minimum atomic E-state index is -0.259. The van der Waals surface area contributed by atoms with Crippen molar-refractivity contribution >= 4 is 28.7 Å². The monoisotopic (exact) mass is 269 g/mol. The number of hydrogen-bond donors (Lipinski definition) is 1. The molecule has 3 heterocycles. The first-order chi connectivity index (χ1) is 8.69. The van der Waals surface area contributed by atoms with Gasteiger partial charge in [0.15, 0.2) is 23.3 Å². The predicted molar refractivity (Wildman–Crippen MR) is 64.9 cm³/mol. The number of nitrogens with two attached hydrogens (primary N) is 1. The van der Waals surface area contributed by atoms with Crippen LogP contribution in [0, 0.1) is 0 Å². The van der Waals surface area contributed by atoms with Crippen LogP contribution in [0.5, 0.6) is 0 Å². The third kappa shape index (κ3) is 1.80. The lowest BCUT2D eigenvalue weighted by Crippen LogP contribution is -2.12. The Bertz CT molecular complexity index is 587. The molecule has 1 aliphatic rings. The van der Waals surface area contributed by atoms with Crippen molar-refractivity contribution in [3.8, 4) is 0 Å². The van der Waals surface area contributed by atoms with Crippen LogP contribution in [0.3, 0.4) is 0 Å². The lowest BCUT2D eigenvalue weighted by atomic mass is 10.5. The van der Waals surface area contributed by atoms with E-state index < -0.39 is 0 Å². The maximum Gasteiger partial charge on any atom is 0.223 e. The number of rotatable bonds is 2. The van der Waals surface area contributed by atoms with E-state index in [4.69, 9.17) is 26.8 Å². The quantitative estimate of drug-likeness (QED) is 0.828. The average Bonchev–Trinajstić information content (AvgIpc) is 2.93. The molecule has 1 saturated heterocycles. The molecule has 2 aromatic heterocycles. The summed E-state index contributed by atoms with van der Waals surface area (Å²) in [6.45, 7) is 2.45. The Balaban J connectivity index is 2.03. The second-order valence-corrected chi connectivity index (χ2v) is 4.32. The summed E-state index contributed by atoms with van der Waals surface area (Å²) in [5.74, 6) is 0.111. The Morgan fingerprint density at radius 3 is 3.11 bits per heavy atom. The first kappa shape index (κ1) is 11.6. The summed E-state index contributed by atoms with van der Waals surface area (Å²) in [6, 6.07) is 0. The normalized spacial score (nSPS) is 23.9. The highest BCUT2D eigenvalue weighted by Crippen LogP contribution is 2.27. The largest absolute Gasteiger partial charge is 0.368 e. The number of hydrogen-bond acceptors (Lipinski definition) is 6. The summed E-state index contributed by atoms with van der Waals surface area (Å²) in [4.78, 5) is 12.2. The Hall–Kier alpha value is -1.44. The Morgan fingerprint density at radius 1 is 1.56 bits per heavy atom. The molecule has 0 aliphatic carbocycles. The first-order valence-electron chi connectivity index (χ1n) is 5.61. The maximum atomic E-state index is 5.96. The number of nitrogen functional groups attached to an aromatic ring is 1. The van der Waals surface area contributed by atoms with Crippen molar-refractivity contribution in [1.82, 2.24) is 19.5 Å². The van der Waals surface area contributed by atoms with E-state index >= 15 is 0 Å². The lowest BCUT2D eigenvalue weighted by Gasteiger charge is -2.11. The molecule has 18 heavy (non-hydrogen) atoms. The second-order valence-electron chi connectivity index (χ2n) is 3.96. The van der Waals surface area contributed by atoms with E-state index in [0.29, 0.717) is 17.8 Å². The van der Waals surface area contributed by atoms with E-state index in [2.05, 4.69) is 15.0 Å². The summed E-state index contributed by atoms with van der Waals surface area (Å²) in [5.41, 5.74) is 6.65. The van der Waals surface area contributed by atoms with Gasteiger partial charge in [-0.2, -0.15) is 9.97 Å². The number of fused-ring (bicyclic) bond motifs is 1. The smallest absolute Gasteiger partial charge is 0.223 e. The van der Waals surface area contributed by atoms with Crippen LogP contribution < -0.4 is 5.73 Å². The molecule has 2 aromatic rings. The number of ether oxygens (including phenoxy) is 2. The van der Waals surface area contributed by atoms with E-state index in [1.807, 2.05) is 6.92 Å². The number of aromatic nitrogens is 4. The van der Waals surface area contributed by atoms with Crippen LogP contribution >= 0.6 is 11.6 Å². The van der Waals surface area contributed by atoms with Gasteiger partial charge in [-0.1, -0.05) is 18.5 Å². The van der Waals surface area contributed by atoms with Crippen molar-refractivity contribution in [1.29, 1.82) is 0 Å². The van der Waals surface area contributed by atoms with Crippen LogP contribution in [0.15, 0.2) is 6.33 Å². The van der Waals surface area contributed by atoms with Gasteiger partial charge < -0.3 is 15.2 Å². The van der Waals surface area contributed by atoms with Crippen LogP contribution in [0.2, 0.25) is 5.15 Å². The minimum absolute atomic E-state index is 0.111. The molecule has 0 spiro atoms. The van der Waals surface area contributed by atoms with E-state index in [0.717, 1.165) is 6.42 Å². The molecule has 0 bridgehead atoms. The van der Waals surface area contributed by atoms with Gasteiger partial charge in [-0.25, -0.2) is 4.98 Å². The van der Waals surface area contributed by atoms with Crippen molar-refractivity contribution in [2.45, 2.75) is 25.9 Å². The number of nitrogens with zero attached hydrogens (tertiary/aromatic N) is 4. The van der Waals surface area contributed by atoms with Crippen molar-refractivity contribution in [3.63, 3.8) is 0 Å². The molecule has 2 N–H and O–H groups in total. The molecule has 2 unspecified atom stereocenters. The van der Waals surface area contributed by atoms with Gasteiger partial charge >= 0.3 is 0 Å². The fourth-order valence-corrected chi connectivity index (χ4v) is 2.13. The molecule has 0 aromatic carbocycles.